The lowest BCUT2D eigenvalue weighted by molar-refractivity contribution is -0.115. The van der Waals surface area contributed by atoms with Crippen LogP contribution < -0.4 is 4.74 Å². The van der Waals surface area contributed by atoms with Crippen molar-refractivity contribution in [3.63, 3.8) is 0 Å². The summed E-state index contributed by atoms with van der Waals surface area (Å²) in [5, 5.41) is 1.21. The number of hydrogen-bond donors (Lipinski definition) is 0. The molecule has 1 heterocycles. The normalized spacial score (nSPS) is 11.5. The molecule has 0 atom stereocenters. The highest BCUT2D eigenvalue weighted by Crippen LogP contribution is 2.29. The van der Waals surface area contributed by atoms with Crippen molar-refractivity contribution >= 4 is 39.3 Å². The lowest BCUT2D eigenvalue weighted by Gasteiger charge is -2.20. The van der Waals surface area contributed by atoms with E-state index in [0.29, 0.717) is 11.6 Å². The number of nitrogens with zero attached hydrogens (tertiary/aromatic N) is 1. The molecule has 5 heteroatoms. The van der Waals surface area contributed by atoms with Crippen LogP contribution in [0.5, 0.6) is 5.75 Å². The quantitative estimate of drug-likeness (QED) is 0.553. The lowest BCUT2D eigenvalue weighted by atomic mass is 9.86. The highest BCUT2D eigenvalue weighted by Gasteiger charge is 2.28. The van der Waals surface area contributed by atoms with Gasteiger partial charge >= 0.3 is 0 Å². The second kappa shape index (κ2) is 7.03. The number of carbonyl (C=O) groups is 1. The largest absolute Gasteiger partial charge is 0.489 e. The smallest absolute Gasteiger partial charge is 0.231 e. The minimum Gasteiger partial charge on any atom is -0.489 e. The fourth-order valence-corrected chi connectivity index (χ4v) is 2.76. The third-order valence-electron chi connectivity index (χ3n) is 4.16. The summed E-state index contributed by atoms with van der Waals surface area (Å²) in [5.41, 5.74) is 1.81. The second-order valence-corrected chi connectivity index (χ2v) is 7.18. The predicted octanol–water partition coefficient (Wildman–Crippen LogP) is 5.51. The van der Waals surface area contributed by atoms with E-state index in [1.807, 2.05) is 48.5 Å². The van der Waals surface area contributed by atoms with Crippen molar-refractivity contribution in [2.24, 2.45) is 0 Å². The van der Waals surface area contributed by atoms with Gasteiger partial charge in [0.2, 0.25) is 5.24 Å². The third kappa shape index (κ3) is 3.94. The van der Waals surface area contributed by atoms with E-state index in [-0.39, 0.29) is 0 Å². The van der Waals surface area contributed by atoms with Gasteiger partial charge in [-0.1, -0.05) is 23.7 Å². The molecule has 0 aliphatic rings. The summed E-state index contributed by atoms with van der Waals surface area (Å²) in [4.78, 5) is 16.1. The van der Waals surface area contributed by atoms with Crippen LogP contribution in [0.2, 0.25) is 5.02 Å². The van der Waals surface area contributed by atoms with Crippen molar-refractivity contribution in [2.75, 3.05) is 0 Å². The van der Waals surface area contributed by atoms with Crippen molar-refractivity contribution < 1.29 is 9.53 Å². The van der Waals surface area contributed by atoms with E-state index in [0.717, 1.165) is 27.8 Å². The molecule has 0 N–H and O–H groups in total. The first-order valence-electron chi connectivity index (χ1n) is 7.84. The maximum Gasteiger partial charge on any atom is 0.231 e. The van der Waals surface area contributed by atoms with Crippen LogP contribution in [-0.4, -0.2) is 10.2 Å². The average molecular weight is 374 g/mol. The van der Waals surface area contributed by atoms with Crippen molar-refractivity contribution in [1.82, 2.24) is 4.98 Å². The van der Waals surface area contributed by atoms with Gasteiger partial charge in [-0.05, 0) is 66.9 Å². The molecule has 0 amide bonds. The fraction of sp³-hybridized carbons (Fsp3) is 0.200. The number of fused-ring (bicyclic) bond motifs is 1. The Balaban J connectivity index is 1.82. The van der Waals surface area contributed by atoms with E-state index in [9.17, 15) is 4.79 Å². The van der Waals surface area contributed by atoms with Crippen LogP contribution in [0.1, 0.15) is 25.0 Å². The van der Waals surface area contributed by atoms with Gasteiger partial charge in [0.1, 0.15) is 12.4 Å². The summed E-state index contributed by atoms with van der Waals surface area (Å²) in [6, 6.07) is 15.2. The topological polar surface area (TPSA) is 39.2 Å². The summed E-state index contributed by atoms with van der Waals surface area (Å²) in [5.74, 6) is 0.723. The minimum atomic E-state index is -0.773. The van der Waals surface area contributed by atoms with Crippen molar-refractivity contribution in [3.05, 3.63) is 70.9 Å². The van der Waals surface area contributed by atoms with Gasteiger partial charge in [0, 0.05) is 22.7 Å². The van der Waals surface area contributed by atoms with Crippen LogP contribution in [0.3, 0.4) is 0 Å². The monoisotopic (exact) mass is 373 g/mol. The predicted molar refractivity (Wildman–Crippen MR) is 101 cm³/mol. The number of ether oxygens (including phenoxy) is 1. The van der Waals surface area contributed by atoms with Gasteiger partial charge in [-0.2, -0.15) is 0 Å². The summed E-state index contributed by atoms with van der Waals surface area (Å²) in [7, 11) is 0. The van der Waals surface area contributed by atoms with Gasteiger partial charge in [-0.3, -0.25) is 9.78 Å². The Morgan fingerprint density at radius 2 is 1.96 bits per heavy atom. The van der Waals surface area contributed by atoms with Gasteiger partial charge in [0.25, 0.3) is 0 Å². The van der Waals surface area contributed by atoms with Gasteiger partial charge in [-0.25, -0.2) is 0 Å². The molecule has 3 rings (SSSR count). The van der Waals surface area contributed by atoms with Crippen LogP contribution in [0.15, 0.2) is 54.7 Å². The SMILES string of the molecule is CC(C)(C(=O)Cl)c1cnc2cc(OCc3cccc(Cl)c3)ccc2c1. The Labute approximate surface area is 156 Å². The Hall–Kier alpha value is -2.10. The Kier molecular flexibility index (Phi) is 4.98. The molecule has 128 valence electrons. The zero-order valence-corrected chi connectivity index (χ0v) is 15.4. The van der Waals surface area contributed by atoms with Gasteiger partial charge in [0.15, 0.2) is 0 Å². The van der Waals surface area contributed by atoms with E-state index in [1.54, 1.807) is 20.0 Å². The molecular weight excluding hydrogens is 357 g/mol. The molecule has 0 saturated heterocycles. The molecule has 3 aromatic rings. The molecule has 3 nitrogen and oxygen atoms in total. The zero-order chi connectivity index (χ0) is 18.0. The van der Waals surface area contributed by atoms with E-state index in [4.69, 9.17) is 27.9 Å². The number of carbonyl (C=O) groups excluding carboxylic acids is 1. The fourth-order valence-electron chi connectivity index (χ4n) is 2.44. The van der Waals surface area contributed by atoms with Crippen LogP contribution >= 0.6 is 23.2 Å². The lowest BCUT2D eigenvalue weighted by Crippen LogP contribution is -2.24. The minimum absolute atomic E-state index is 0.407. The van der Waals surface area contributed by atoms with Crippen LogP contribution in [-0.2, 0) is 16.8 Å². The first-order chi connectivity index (χ1) is 11.9. The number of pyridine rings is 1. The molecule has 0 aliphatic heterocycles. The van der Waals surface area contributed by atoms with Crippen LogP contribution in [0.25, 0.3) is 10.9 Å². The molecule has 1 aromatic heterocycles. The maximum atomic E-state index is 11.6. The third-order valence-corrected chi connectivity index (χ3v) is 4.87. The number of aromatic nitrogens is 1. The van der Waals surface area contributed by atoms with E-state index in [1.165, 1.54) is 0 Å². The van der Waals surface area contributed by atoms with E-state index >= 15 is 0 Å². The van der Waals surface area contributed by atoms with Crippen molar-refractivity contribution in [2.45, 2.75) is 25.9 Å². The van der Waals surface area contributed by atoms with Crippen molar-refractivity contribution in [1.29, 1.82) is 0 Å². The standard InChI is InChI=1S/C20H17Cl2NO2/c1-20(2,19(22)24)15-9-14-6-7-17(10-18(14)23-11-15)25-12-13-4-3-5-16(21)8-13/h3-11H,12H2,1-2H3. The van der Waals surface area contributed by atoms with Gasteiger partial charge in [-0.15, -0.1) is 0 Å². The number of rotatable bonds is 5. The zero-order valence-electron chi connectivity index (χ0n) is 13.9. The summed E-state index contributed by atoms with van der Waals surface area (Å²) >= 11 is 11.7. The molecule has 0 radical (unpaired) electrons. The summed E-state index contributed by atoms with van der Waals surface area (Å²) in [6.45, 7) is 4.00. The van der Waals surface area contributed by atoms with Crippen LogP contribution in [0.4, 0.5) is 0 Å². The average Bonchev–Trinajstić information content (AvgIpc) is 2.59. The highest BCUT2D eigenvalue weighted by atomic mass is 35.5. The van der Waals surface area contributed by atoms with Crippen LogP contribution in [0, 0.1) is 0 Å². The first kappa shape index (κ1) is 17.7. The van der Waals surface area contributed by atoms with Gasteiger partial charge < -0.3 is 4.74 Å². The number of hydrogen-bond acceptors (Lipinski definition) is 3. The van der Waals surface area contributed by atoms with E-state index < -0.39 is 10.7 Å². The Morgan fingerprint density at radius 1 is 1.16 bits per heavy atom. The number of benzene rings is 2. The molecule has 0 unspecified atom stereocenters. The molecule has 2 aromatic carbocycles. The molecular formula is C20H17Cl2NO2. The molecule has 0 fully saturated rings. The second-order valence-electron chi connectivity index (χ2n) is 6.40. The summed E-state index contributed by atoms with van der Waals surface area (Å²) < 4.78 is 5.82. The Bertz CT molecular complexity index is 938. The summed E-state index contributed by atoms with van der Waals surface area (Å²) in [6.07, 6.45) is 1.68. The molecule has 0 spiro atoms. The van der Waals surface area contributed by atoms with Crippen molar-refractivity contribution in [3.8, 4) is 5.75 Å². The molecule has 0 bridgehead atoms. The molecule has 25 heavy (non-hydrogen) atoms. The molecule has 0 aliphatic carbocycles. The maximum absolute atomic E-state index is 11.6. The van der Waals surface area contributed by atoms with E-state index in [2.05, 4.69) is 4.98 Å². The first-order valence-corrected chi connectivity index (χ1v) is 8.59. The Morgan fingerprint density at radius 3 is 2.68 bits per heavy atom. The van der Waals surface area contributed by atoms with Gasteiger partial charge in [0.05, 0.1) is 10.9 Å². The number of halogens is 2. The molecule has 0 saturated carbocycles. The highest BCUT2D eigenvalue weighted by molar-refractivity contribution is 6.65.